The molecule has 1 aromatic carbocycles. The van der Waals surface area contributed by atoms with E-state index in [1.807, 2.05) is 24.3 Å². The summed E-state index contributed by atoms with van der Waals surface area (Å²) in [4.78, 5) is 12.0. The molecule has 0 aliphatic rings. The van der Waals surface area contributed by atoms with E-state index in [2.05, 4.69) is 45.3 Å². The molecule has 1 N–H and O–H groups in total. The fraction of sp³-hybridized carbons (Fsp3) is 0.357. The van der Waals surface area contributed by atoms with Gasteiger partial charge in [-0.05, 0) is 24.1 Å². The van der Waals surface area contributed by atoms with Crippen molar-refractivity contribution < 1.29 is 4.79 Å². The number of thioether (sulfide) groups is 1. The van der Waals surface area contributed by atoms with Gasteiger partial charge in [0, 0.05) is 9.72 Å². The SMILES string of the molecule is CCC(C)Sc1nnc(NC(=O)Cc2ccc(Br)cc2)s1. The molecule has 21 heavy (non-hydrogen) atoms. The first-order chi connectivity index (χ1) is 10.1. The van der Waals surface area contributed by atoms with Crippen molar-refractivity contribution in [3.63, 3.8) is 0 Å². The zero-order valence-corrected chi connectivity index (χ0v) is 15.0. The largest absolute Gasteiger partial charge is 0.300 e. The van der Waals surface area contributed by atoms with Crippen molar-refractivity contribution in [1.82, 2.24) is 10.2 Å². The van der Waals surface area contributed by atoms with Crippen LogP contribution in [0.5, 0.6) is 0 Å². The Labute approximate surface area is 140 Å². The van der Waals surface area contributed by atoms with Crippen molar-refractivity contribution in [2.24, 2.45) is 0 Å². The van der Waals surface area contributed by atoms with Crippen LogP contribution in [0.1, 0.15) is 25.8 Å². The third kappa shape index (κ3) is 5.41. The minimum absolute atomic E-state index is 0.0754. The van der Waals surface area contributed by atoms with Gasteiger partial charge in [0.05, 0.1) is 6.42 Å². The normalized spacial score (nSPS) is 12.1. The molecule has 112 valence electrons. The molecule has 0 aliphatic heterocycles. The maximum atomic E-state index is 12.0. The average molecular weight is 386 g/mol. The lowest BCUT2D eigenvalue weighted by molar-refractivity contribution is -0.115. The predicted octanol–water partition coefficient (Wildman–Crippen LogP) is 4.37. The first kappa shape index (κ1) is 16.5. The highest BCUT2D eigenvalue weighted by Gasteiger charge is 2.11. The maximum absolute atomic E-state index is 12.0. The van der Waals surface area contributed by atoms with Crippen LogP contribution in [0.15, 0.2) is 33.1 Å². The molecule has 1 heterocycles. The van der Waals surface area contributed by atoms with Crippen LogP contribution in [0.3, 0.4) is 0 Å². The first-order valence-corrected chi connectivity index (χ1v) is 9.10. The summed E-state index contributed by atoms with van der Waals surface area (Å²) in [6, 6.07) is 7.70. The van der Waals surface area contributed by atoms with Gasteiger partial charge >= 0.3 is 0 Å². The van der Waals surface area contributed by atoms with Crippen molar-refractivity contribution in [2.45, 2.75) is 36.3 Å². The number of rotatable bonds is 6. The summed E-state index contributed by atoms with van der Waals surface area (Å²) in [5, 5.41) is 12.0. The number of halogens is 1. The fourth-order valence-corrected chi connectivity index (χ4v) is 3.79. The number of nitrogens with zero attached hydrogens (tertiary/aromatic N) is 2. The molecule has 0 aliphatic carbocycles. The van der Waals surface area contributed by atoms with Gasteiger partial charge in [0.25, 0.3) is 0 Å². The molecule has 7 heteroatoms. The third-order valence-corrected chi connectivity index (χ3v) is 5.53. The quantitative estimate of drug-likeness (QED) is 0.592. The van der Waals surface area contributed by atoms with Crippen LogP contribution in [-0.4, -0.2) is 21.4 Å². The van der Waals surface area contributed by atoms with Crippen molar-refractivity contribution in [3.8, 4) is 0 Å². The zero-order chi connectivity index (χ0) is 15.2. The van der Waals surface area contributed by atoms with Crippen LogP contribution in [0, 0.1) is 0 Å². The molecule has 0 bridgehead atoms. The van der Waals surface area contributed by atoms with Crippen LogP contribution in [0.4, 0.5) is 5.13 Å². The topological polar surface area (TPSA) is 54.9 Å². The summed E-state index contributed by atoms with van der Waals surface area (Å²) in [7, 11) is 0. The Morgan fingerprint density at radius 2 is 2.10 bits per heavy atom. The number of hydrogen-bond donors (Lipinski definition) is 1. The highest BCUT2D eigenvalue weighted by molar-refractivity contribution is 9.10. The molecule has 1 aromatic heterocycles. The number of nitrogens with one attached hydrogen (secondary N) is 1. The van der Waals surface area contributed by atoms with E-state index in [0.717, 1.165) is 20.8 Å². The van der Waals surface area contributed by atoms with Crippen LogP contribution in [0.25, 0.3) is 0 Å². The number of carbonyl (C=O) groups is 1. The molecule has 2 rings (SSSR count). The average Bonchev–Trinajstić information content (AvgIpc) is 2.88. The summed E-state index contributed by atoms with van der Waals surface area (Å²) in [5.74, 6) is -0.0754. The van der Waals surface area contributed by atoms with Crippen LogP contribution >= 0.6 is 39.0 Å². The smallest absolute Gasteiger partial charge is 0.230 e. The number of amides is 1. The Bertz CT molecular complexity index is 601. The van der Waals surface area contributed by atoms with Crippen LogP contribution in [0.2, 0.25) is 0 Å². The number of benzene rings is 1. The predicted molar refractivity (Wildman–Crippen MR) is 92.0 cm³/mol. The minimum atomic E-state index is -0.0754. The summed E-state index contributed by atoms with van der Waals surface area (Å²) < 4.78 is 1.89. The first-order valence-electron chi connectivity index (χ1n) is 6.61. The van der Waals surface area contributed by atoms with E-state index >= 15 is 0 Å². The summed E-state index contributed by atoms with van der Waals surface area (Å²) in [5.41, 5.74) is 0.967. The van der Waals surface area contributed by atoms with Gasteiger partial charge in [-0.2, -0.15) is 0 Å². The van der Waals surface area contributed by atoms with E-state index in [-0.39, 0.29) is 5.91 Å². The van der Waals surface area contributed by atoms with Crippen LogP contribution in [-0.2, 0) is 11.2 Å². The number of anilines is 1. The van der Waals surface area contributed by atoms with Gasteiger partial charge in [-0.3, -0.25) is 4.79 Å². The van der Waals surface area contributed by atoms with E-state index in [1.54, 1.807) is 11.8 Å². The van der Waals surface area contributed by atoms with Crippen molar-refractivity contribution >= 4 is 50.1 Å². The Morgan fingerprint density at radius 1 is 1.38 bits per heavy atom. The lowest BCUT2D eigenvalue weighted by Crippen LogP contribution is -2.14. The Morgan fingerprint density at radius 3 is 2.76 bits per heavy atom. The Balaban J connectivity index is 1.89. The monoisotopic (exact) mass is 385 g/mol. The van der Waals surface area contributed by atoms with Gasteiger partial charge in [-0.25, -0.2) is 0 Å². The number of hydrogen-bond acceptors (Lipinski definition) is 5. The van der Waals surface area contributed by atoms with Crippen LogP contribution < -0.4 is 5.32 Å². The number of carbonyl (C=O) groups excluding carboxylic acids is 1. The zero-order valence-electron chi connectivity index (χ0n) is 11.8. The lowest BCUT2D eigenvalue weighted by atomic mass is 10.1. The molecule has 0 spiro atoms. The maximum Gasteiger partial charge on any atom is 0.230 e. The number of aromatic nitrogens is 2. The van der Waals surface area contributed by atoms with Crippen molar-refractivity contribution in [3.05, 3.63) is 34.3 Å². The molecule has 0 radical (unpaired) electrons. The summed E-state index contributed by atoms with van der Waals surface area (Å²) in [6.07, 6.45) is 1.41. The molecule has 0 saturated carbocycles. The summed E-state index contributed by atoms with van der Waals surface area (Å²) in [6.45, 7) is 4.29. The standard InChI is InChI=1S/C14H16BrN3OS2/c1-3-9(2)20-14-18-17-13(21-14)16-12(19)8-10-4-6-11(15)7-5-10/h4-7,9H,3,8H2,1-2H3,(H,16,17,19). The molecular formula is C14H16BrN3OS2. The second-order valence-electron chi connectivity index (χ2n) is 4.56. The van der Waals surface area contributed by atoms with Gasteiger partial charge in [-0.15, -0.1) is 10.2 Å². The second-order valence-corrected chi connectivity index (χ2v) is 8.14. The molecule has 1 unspecified atom stereocenters. The van der Waals surface area contributed by atoms with E-state index in [4.69, 9.17) is 0 Å². The highest BCUT2D eigenvalue weighted by atomic mass is 79.9. The molecule has 2 aromatic rings. The van der Waals surface area contributed by atoms with Gasteiger partial charge < -0.3 is 5.32 Å². The van der Waals surface area contributed by atoms with Gasteiger partial charge in [0.15, 0.2) is 4.34 Å². The van der Waals surface area contributed by atoms with E-state index in [0.29, 0.717) is 16.8 Å². The third-order valence-electron chi connectivity index (χ3n) is 2.81. The van der Waals surface area contributed by atoms with Gasteiger partial charge in [0.1, 0.15) is 0 Å². The Hall–Kier alpha value is -0.920. The molecule has 0 fully saturated rings. The molecule has 1 atom stereocenters. The summed E-state index contributed by atoms with van der Waals surface area (Å²) >= 11 is 6.48. The molecule has 1 amide bonds. The molecule has 0 saturated heterocycles. The molecular weight excluding hydrogens is 370 g/mol. The molecule has 4 nitrogen and oxygen atoms in total. The van der Waals surface area contributed by atoms with Gasteiger partial charge in [-0.1, -0.05) is 65.0 Å². The van der Waals surface area contributed by atoms with E-state index in [1.165, 1.54) is 11.3 Å². The van der Waals surface area contributed by atoms with Crippen molar-refractivity contribution in [2.75, 3.05) is 5.32 Å². The highest BCUT2D eigenvalue weighted by Crippen LogP contribution is 2.29. The second kappa shape index (κ2) is 7.91. The van der Waals surface area contributed by atoms with Crippen molar-refractivity contribution in [1.29, 1.82) is 0 Å². The fourth-order valence-electron chi connectivity index (χ4n) is 1.51. The Kier molecular flexibility index (Phi) is 6.20. The van der Waals surface area contributed by atoms with E-state index < -0.39 is 0 Å². The minimum Gasteiger partial charge on any atom is -0.300 e. The van der Waals surface area contributed by atoms with Gasteiger partial charge in [0.2, 0.25) is 11.0 Å². The lowest BCUT2D eigenvalue weighted by Gasteiger charge is -2.03. The van der Waals surface area contributed by atoms with E-state index in [9.17, 15) is 4.79 Å².